The molecule has 8 heteroatoms. The molecule has 0 spiro atoms. The summed E-state index contributed by atoms with van der Waals surface area (Å²) < 4.78 is 11.4. The molecule has 2 aromatic carbocycles. The number of amides is 1. The van der Waals surface area contributed by atoms with E-state index in [4.69, 9.17) is 20.8 Å². The van der Waals surface area contributed by atoms with Crippen LogP contribution in [-0.2, 0) is 0 Å². The van der Waals surface area contributed by atoms with Gasteiger partial charge in [-0.25, -0.2) is 9.98 Å². The number of fused-ring (bicyclic) bond motifs is 1. The maximum Gasteiger partial charge on any atom is 0.262 e. The topological polar surface area (TPSA) is 76.7 Å². The molecule has 6 nitrogen and oxygen atoms in total. The lowest BCUT2D eigenvalue weighted by atomic mass is 10.1. The molecular formula is C21H16ClN3O3S. The van der Waals surface area contributed by atoms with Crippen molar-refractivity contribution in [3.8, 4) is 5.75 Å². The average Bonchev–Trinajstić information content (AvgIpc) is 3.22. The fourth-order valence-corrected chi connectivity index (χ4v) is 3.45. The highest BCUT2D eigenvalue weighted by atomic mass is 35.5. The number of ether oxygens (including phenoxy) is 1. The van der Waals surface area contributed by atoms with Gasteiger partial charge in [-0.05, 0) is 36.8 Å². The Kier molecular flexibility index (Phi) is 5.33. The number of halogens is 1. The number of para-hydroxylation sites is 1. The van der Waals surface area contributed by atoms with E-state index in [0.717, 1.165) is 10.9 Å². The van der Waals surface area contributed by atoms with E-state index in [1.165, 1.54) is 11.3 Å². The molecule has 0 bridgehead atoms. The third kappa shape index (κ3) is 4.01. The van der Waals surface area contributed by atoms with Gasteiger partial charge in [0.15, 0.2) is 16.5 Å². The molecule has 1 N–H and O–H groups in total. The number of nitrogens with zero attached hydrogens (tertiary/aromatic N) is 2. The number of carbonyl (C=O) groups excluding carboxylic acids is 1. The molecular weight excluding hydrogens is 410 g/mol. The molecule has 146 valence electrons. The Labute approximate surface area is 175 Å². The smallest absolute Gasteiger partial charge is 0.262 e. The summed E-state index contributed by atoms with van der Waals surface area (Å²) in [6.45, 7) is 1.91. The molecule has 0 aliphatic carbocycles. The SMILES string of the molecule is COc1cccc2cc(C(=O)Nc3nccs3)c(=Nc3ccc(C)c(Cl)c3)oc12. The zero-order chi connectivity index (χ0) is 20.4. The summed E-state index contributed by atoms with van der Waals surface area (Å²) in [6, 6.07) is 12.6. The van der Waals surface area contributed by atoms with Gasteiger partial charge in [0.1, 0.15) is 5.56 Å². The molecule has 2 aromatic heterocycles. The number of rotatable bonds is 4. The number of thiazole rings is 1. The van der Waals surface area contributed by atoms with Crippen molar-refractivity contribution < 1.29 is 13.9 Å². The van der Waals surface area contributed by atoms with Crippen molar-refractivity contribution in [3.63, 3.8) is 0 Å². The Morgan fingerprint density at radius 1 is 1.28 bits per heavy atom. The molecule has 2 heterocycles. The van der Waals surface area contributed by atoms with Crippen molar-refractivity contribution in [2.75, 3.05) is 12.4 Å². The van der Waals surface area contributed by atoms with Crippen LogP contribution >= 0.6 is 22.9 Å². The molecule has 4 aromatic rings. The summed E-state index contributed by atoms with van der Waals surface area (Å²) in [5.74, 6) is 0.179. The van der Waals surface area contributed by atoms with Gasteiger partial charge < -0.3 is 9.15 Å². The summed E-state index contributed by atoms with van der Waals surface area (Å²) in [5.41, 5.74) is 2.43. The van der Waals surface area contributed by atoms with Gasteiger partial charge in [0.2, 0.25) is 5.55 Å². The largest absolute Gasteiger partial charge is 0.493 e. The molecule has 0 fully saturated rings. The van der Waals surface area contributed by atoms with Crippen LogP contribution in [0.1, 0.15) is 15.9 Å². The van der Waals surface area contributed by atoms with Gasteiger partial charge in [0, 0.05) is 22.0 Å². The van der Waals surface area contributed by atoms with E-state index in [0.29, 0.717) is 27.2 Å². The Morgan fingerprint density at radius 3 is 2.86 bits per heavy atom. The molecule has 29 heavy (non-hydrogen) atoms. The Morgan fingerprint density at radius 2 is 2.14 bits per heavy atom. The van der Waals surface area contributed by atoms with E-state index in [1.54, 1.807) is 36.9 Å². The van der Waals surface area contributed by atoms with E-state index in [-0.39, 0.29) is 17.0 Å². The fraction of sp³-hybridized carbons (Fsp3) is 0.0952. The zero-order valence-corrected chi connectivity index (χ0v) is 17.2. The van der Waals surface area contributed by atoms with Crippen LogP contribution in [0.5, 0.6) is 5.75 Å². The first-order chi connectivity index (χ1) is 14.0. The molecule has 0 saturated carbocycles. The Bertz CT molecular complexity index is 1270. The van der Waals surface area contributed by atoms with E-state index < -0.39 is 0 Å². The number of nitrogens with one attached hydrogen (secondary N) is 1. The normalized spacial score (nSPS) is 11.6. The second-order valence-corrected chi connectivity index (χ2v) is 7.48. The second-order valence-electron chi connectivity index (χ2n) is 6.18. The lowest BCUT2D eigenvalue weighted by Crippen LogP contribution is -2.21. The third-order valence-corrected chi connectivity index (χ3v) is 5.34. The van der Waals surface area contributed by atoms with Gasteiger partial charge in [0.25, 0.3) is 5.91 Å². The molecule has 0 unspecified atom stereocenters. The highest BCUT2D eigenvalue weighted by Gasteiger charge is 2.16. The molecule has 4 rings (SSSR count). The van der Waals surface area contributed by atoms with Crippen LogP contribution in [0.25, 0.3) is 11.0 Å². The van der Waals surface area contributed by atoms with Gasteiger partial charge in [-0.15, -0.1) is 11.3 Å². The summed E-state index contributed by atoms with van der Waals surface area (Å²) in [4.78, 5) is 21.5. The van der Waals surface area contributed by atoms with E-state index in [2.05, 4.69) is 15.3 Å². The number of anilines is 1. The summed E-state index contributed by atoms with van der Waals surface area (Å²) >= 11 is 7.55. The van der Waals surface area contributed by atoms with Crippen LogP contribution < -0.4 is 15.6 Å². The van der Waals surface area contributed by atoms with Gasteiger partial charge >= 0.3 is 0 Å². The third-order valence-electron chi connectivity index (χ3n) is 4.24. The lowest BCUT2D eigenvalue weighted by molar-refractivity contribution is 0.102. The maximum atomic E-state index is 12.9. The van der Waals surface area contributed by atoms with Crippen molar-refractivity contribution in [1.82, 2.24) is 4.98 Å². The predicted octanol–water partition coefficient (Wildman–Crippen LogP) is 5.34. The van der Waals surface area contributed by atoms with Gasteiger partial charge in [-0.3, -0.25) is 10.1 Å². The van der Waals surface area contributed by atoms with Crippen molar-refractivity contribution in [3.05, 3.63) is 75.7 Å². The predicted molar refractivity (Wildman–Crippen MR) is 114 cm³/mol. The molecule has 0 aliphatic heterocycles. The molecule has 0 radical (unpaired) electrons. The number of methoxy groups -OCH3 is 1. The zero-order valence-electron chi connectivity index (χ0n) is 15.6. The highest BCUT2D eigenvalue weighted by molar-refractivity contribution is 7.13. The number of hydrogen-bond acceptors (Lipinski definition) is 6. The van der Waals surface area contributed by atoms with Gasteiger partial charge in [-0.2, -0.15) is 0 Å². The molecule has 0 aliphatic rings. The van der Waals surface area contributed by atoms with Crippen LogP contribution in [0.3, 0.4) is 0 Å². The number of carbonyl (C=O) groups is 1. The minimum Gasteiger partial charge on any atom is -0.493 e. The van der Waals surface area contributed by atoms with E-state index in [1.807, 2.05) is 31.2 Å². The van der Waals surface area contributed by atoms with Crippen LogP contribution in [0.2, 0.25) is 5.02 Å². The first-order valence-electron chi connectivity index (χ1n) is 8.68. The van der Waals surface area contributed by atoms with E-state index in [9.17, 15) is 4.79 Å². The highest BCUT2D eigenvalue weighted by Crippen LogP contribution is 2.26. The number of aromatic nitrogens is 1. The number of hydrogen-bond donors (Lipinski definition) is 1. The van der Waals surface area contributed by atoms with Crippen LogP contribution in [-0.4, -0.2) is 18.0 Å². The minimum atomic E-state index is -0.370. The summed E-state index contributed by atoms with van der Waals surface area (Å²) in [6.07, 6.45) is 1.62. The Hall–Kier alpha value is -3.16. The molecule has 1 amide bonds. The monoisotopic (exact) mass is 425 g/mol. The standard InChI is InChI=1S/C21H16ClN3O3S/c1-12-6-7-14(11-16(12)22)24-20-15(19(26)25-21-23-8-9-29-21)10-13-4-3-5-17(27-2)18(13)28-20/h3-11H,1-2H3,(H,23,25,26). The Balaban J connectivity index is 1.92. The fourth-order valence-electron chi connectivity index (χ4n) is 2.75. The van der Waals surface area contributed by atoms with Gasteiger partial charge in [-0.1, -0.05) is 29.8 Å². The first kappa shape index (κ1) is 19.2. The van der Waals surface area contributed by atoms with Gasteiger partial charge in [0.05, 0.1) is 12.8 Å². The van der Waals surface area contributed by atoms with Crippen molar-refractivity contribution in [1.29, 1.82) is 0 Å². The van der Waals surface area contributed by atoms with E-state index >= 15 is 0 Å². The number of aryl methyl sites for hydroxylation is 1. The summed E-state index contributed by atoms with van der Waals surface area (Å²) in [7, 11) is 1.56. The molecule has 0 atom stereocenters. The van der Waals surface area contributed by atoms with Crippen molar-refractivity contribution in [2.45, 2.75) is 6.92 Å². The quantitative estimate of drug-likeness (QED) is 0.478. The van der Waals surface area contributed by atoms with Crippen LogP contribution in [0.4, 0.5) is 10.8 Å². The number of benzene rings is 2. The summed E-state index contributed by atoms with van der Waals surface area (Å²) in [5, 5.41) is 6.34. The lowest BCUT2D eigenvalue weighted by Gasteiger charge is -2.08. The van der Waals surface area contributed by atoms with Crippen molar-refractivity contribution in [2.24, 2.45) is 4.99 Å². The first-order valence-corrected chi connectivity index (χ1v) is 9.93. The average molecular weight is 426 g/mol. The van der Waals surface area contributed by atoms with Crippen LogP contribution in [0, 0.1) is 6.92 Å². The van der Waals surface area contributed by atoms with Crippen LogP contribution in [0.15, 0.2) is 63.5 Å². The van der Waals surface area contributed by atoms with Crippen molar-refractivity contribution >= 4 is 50.6 Å². The second kappa shape index (κ2) is 8.06. The maximum absolute atomic E-state index is 12.9. The molecule has 0 saturated heterocycles. The minimum absolute atomic E-state index is 0.149.